The number of hydrogen-bond donors (Lipinski definition) is 0. The van der Waals surface area contributed by atoms with E-state index in [0.717, 1.165) is 5.56 Å². The molecule has 0 atom stereocenters. The van der Waals surface area contributed by atoms with Gasteiger partial charge in [-0.15, -0.1) is 0 Å². The summed E-state index contributed by atoms with van der Waals surface area (Å²) in [5, 5.41) is 12.9. The second-order valence-electron chi connectivity index (χ2n) is 4.87. The molecule has 0 spiro atoms. The van der Waals surface area contributed by atoms with Gasteiger partial charge in [-0.05, 0) is 30.7 Å². The molecular weight excluding hydrogens is 288 g/mol. The van der Waals surface area contributed by atoms with Gasteiger partial charge < -0.3 is 0 Å². The molecule has 0 fully saturated rings. The number of hydrogen-bond acceptors (Lipinski definition) is 4. The minimum absolute atomic E-state index is 0.186. The molecule has 110 valence electrons. The molecule has 0 radical (unpaired) electrons. The number of benzene rings is 1. The van der Waals surface area contributed by atoms with E-state index in [0.29, 0.717) is 11.1 Å². The molecule has 2 aromatic rings. The lowest BCUT2D eigenvalue weighted by Gasteiger charge is -2.16. The highest BCUT2D eigenvalue weighted by Crippen LogP contribution is 2.19. The number of rotatable bonds is 4. The van der Waals surface area contributed by atoms with Gasteiger partial charge in [-0.25, -0.2) is 8.42 Å². The van der Waals surface area contributed by atoms with Gasteiger partial charge in [0.2, 0.25) is 10.0 Å². The van der Waals surface area contributed by atoms with Crippen molar-refractivity contribution in [2.45, 2.75) is 18.4 Å². The van der Waals surface area contributed by atoms with Crippen molar-refractivity contribution in [2.24, 2.45) is 7.05 Å². The van der Waals surface area contributed by atoms with Crippen LogP contribution in [0.15, 0.2) is 35.5 Å². The predicted molar refractivity (Wildman–Crippen MR) is 77.8 cm³/mol. The Labute approximate surface area is 124 Å². The molecule has 0 aliphatic heterocycles. The van der Waals surface area contributed by atoms with Gasteiger partial charge in [-0.2, -0.15) is 14.7 Å². The summed E-state index contributed by atoms with van der Waals surface area (Å²) >= 11 is 0. The average molecular weight is 304 g/mol. The summed E-state index contributed by atoms with van der Waals surface area (Å²) in [6, 6.07) is 6.53. The van der Waals surface area contributed by atoms with Crippen molar-refractivity contribution in [2.75, 3.05) is 7.05 Å². The van der Waals surface area contributed by atoms with Gasteiger partial charge in [0.25, 0.3) is 0 Å². The van der Waals surface area contributed by atoms with Gasteiger partial charge in [0.1, 0.15) is 0 Å². The normalized spacial score (nSPS) is 11.6. The van der Waals surface area contributed by atoms with E-state index in [2.05, 4.69) is 5.10 Å². The molecule has 0 saturated heterocycles. The molecule has 0 aliphatic carbocycles. The molecule has 1 aromatic carbocycles. The number of sulfonamides is 1. The SMILES string of the molecule is Cc1cc(S(=O)(=O)N(C)Cc2cnn(C)c2)ccc1C#N. The van der Waals surface area contributed by atoms with Crippen LogP contribution in [0.1, 0.15) is 16.7 Å². The van der Waals surface area contributed by atoms with Crippen molar-refractivity contribution < 1.29 is 8.42 Å². The zero-order chi connectivity index (χ0) is 15.6. The Bertz CT molecular complexity index is 803. The molecule has 0 amide bonds. The fourth-order valence-electron chi connectivity index (χ4n) is 2.00. The van der Waals surface area contributed by atoms with E-state index in [1.807, 2.05) is 6.07 Å². The van der Waals surface area contributed by atoms with Crippen molar-refractivity contribution in [1.82, 2.24) is 14.1 Å². The van der Waals surface area contributed by atoms with Crippen LogP contribution < -0.4 is 0 Å². The van der Waals surface area contributed by atoms with Gasteiger partial charge >= 0.3 is 0 Å². The van der Waals surface area contributed by atoms with Crippen LogP contribution in [0, 0.1) is 18.3 Å². The van der Waals surface area contributed by atoms with Gasteiger partial charge in [-0.3, -0.25) is 4.68 Å². The molecule has 1 heterocycles. The fraction of sp³-hybridized carbons (Fsp3) is 0.286. The predicted octanol–water partition coefficient (Wildman–Crippen LogP) is 1.42. The molecule has 0 unspecified atom stereocenters. The number of nitrogens with zero attached hydrogens (tertiary/aromatic N) is 4. The molecule has 6 nitrogen and oxygen atoms in total. The maximum atomic E-state index is 12.5. The van der Waals surface area contributed by atoms with E-state index in [-0.39, 0.29) is 11.4 Å². The second-order valence-corrected chi connectivity index (χ2v) is 6.92. The van der Waals surface area contributed by atoms with Crippen LogP contribution in [0.2, 0.25) is 0 Å². The molecule has 21 heavy (non-hydrogen) atoms. The lowest BCUT2D eigenvalue weighted by Crippen LogP contribution is -2.26. The largest absolute Gasteiger partial charge is 0.275 e. The second kappa shape index (κ2) is 5.68. The van der Waals surface area contributed by atoms with E-state index in [4.69, 9.17) is 5.26 Å². The third-order valence-electron chi connectivity index (χ3n) is 3.19. The molecular formula is C14H16N4O2S. The third kappa shape index (κ3) is 3.12. The zero-order valence-electron chi connectivity index (χ0n) is 12.1. The fourth-order valence-corrected chi connectivity index (χ4v) is 3.24. The minimum atomic E-state index is -3.59. The monoisotopic (exact) mass is 304 g/mol. The summed E-state index contributed by atoms with van der Waals surface area (Å²) in [6.45, 7) is 1.97. The summed E-state index contributed by atoms with van der Waals surface area (Å²) in [4.78, 5) is 0.186. The Hall–Kier alpha value is -2.17. The van der Waals surface area contributed by atoms with Crippen molar-refractivity contribution in [3.63, 3.8) is 0 Å². The molecule has 0 aliphatic rings. The van der Waals surface area contributed by atoms with Crippen molar-refractivity contribution in [3.8, 4) is 6.07 Å². The Kier molecular flexibility index (Phi) is 4.11. The van der Waals surface area contributed by atoms with E-state index < -0.39 is 10.0 Å². The van der Waals surface area contributed by atoms with Crippen molar-refractivity contribution in [3.05, 3.63) is 47.3 Å². The van der Waals surface area contributed by atoms with Crippen LogP contribution in [-0.2, 0) is 23.6 Å². The van der Waals surface area contributed by atoms with Crippen LogP contribution in [0.5, 0.6) is 0 Å². The third-order valence-corrected chi connectivity index (χ3v) is 4.99. The Morgan fingerprint density at radius 2 is 2.14 bits per heavy atom. The number of nitriles is 1. The van der Waals surface area contributed by atoms with E-state index in [1.165, 1.54) is 29.6 Å². The first-order valence-electron chi connectivity index (χ1n) is 6.29. The highest BCUT2D eigenvalue weighted by atomic mass is 32.2. The van der Waals surface area contributed by atoms with Crippen LogP contribution in [0.3, 0.4) is 0 Å². The molecule has 0 bridgehead atoms. The molecule has 0 saturated carbocycles. The summed E-state index contributed by atoms with van der Waals surface area (Å²) < 4.78 is 27.9. The van der Waals surface area contributed by atoms with Crippen LogP contribution in [0.25, 0.3) is 0 Å². The smallest absolute Gasteiger partial charge is 0.243 e. The Morgan fingerprint density at radius 3 is 2.67 bits per heavy atom. The van der Waals surface area contributed by atoms with Crippen LogP contribution in [0.4, 0.5) is 0 Å². The van der Waals surface area contributed by atoms with E-state index in [9.17, 15) is 8.42 Å². The maximum Gasteiger partial charge on any atom is 0.243 e. The van der Waals surface area contributed by atoms with Gasteiger partial charge in [0, 0.05) is 32.4 Å². The van der Waals surface area contributed by atoms with Crippen molar-refractivity contribution >= 4 is 10.0 Å². The van der Waals surface area contributed by atoms with E-state index >= 15 is 0 Å². The molecule has 1 aromatic heterocycles. The van der Waals surface area contributed by atoms with Crippen LogP contribution in [-0.4, -0.2) is 29.6 Å². The molecule has 2 rings (SSSR count). The first-order valence-corrected chi connectivity index (χ1v) is 7.73. The summed E-state index contributed by atoms with van der Waals surface area (Å²) in [7, 11) is -0.285. The van der Waals surface area contributed by atoms with Gasteiger partial charge in [0.05, 0.1) is 22.7 Å². The zero-order valence-corrected chi connectivity index (χ0v) is 12.9. The summed E-state index contributed by atoms with van der Waals surface area (Å²) in [6.07, 6.45) is 3.41. The summed E-state index contributed by atoms with van der Waals surface area (Å²) in [5.41, 5.74) is 1.94. The van der Waals surface area contributed by atoms with Crippen LogP contribution >= 0.6 is 0 Å². The lowest BCUT2D eigenvalue weighted by molar-refractivity contribution is 0.466. The topological polar surface area (TPSA) is 79.0 Å². The van der Waals surface area contributed by atoms with E-state index in [1.54, 1.807) is 31.0 Å². The highest BCUT2D eigenvalue weighted by molar-refractivity contribution is 7.89. The quantitative estimate of drug-likeness (QED) is 0.855. The van der Waals surface area contributed by atoms with Crippen molar-refractivity contribution in [1.29, 1.82) is 5.26 Å². The average Bonchev–Trinajstić information content (AvgIpc) is 2.83. The molecule has 7 heteroatoms. The highest BCUT2D eigenvalue weighted by Gasteiger charge is 2.22. The van der Waals surface area contributed by atoms with Gasteiger partial charge in [0.15, 0.2) is 0 Å². The first kappa shape index (κ1) is 15.2. The van der Waals surface area contributed by atoms with Gasteiger partial charge in [-0.1, -0.05) is 0 Å². The maximum absolute atomic E-state index is 12.5. The molecule has 0 N–H and O–H groups in total. The Balaban J connectivity index is 2.29. The minimum Gasteiger partial charge on any atom is -0.275 e. The standard InChI is InChI=1S/C14H16N4O2S/c1-11-6-14(5-4-13(11)7-15)21(19,20)18(3)10-12-8-16-17(2)9-12/h4-6,8-9H,10H2,1-3H3. The summed E-state index contributed by atoms with van der Waals surface area (Å²) in [5.74, 6) is 0. The first-order chi connectivity index (χ1) is 9.84. The number of aromatic nitrogens is 2. The number of aryl methyl sites for hydroxylation is 2. The lowest BCUT2D eigenvalue weighted by atomic mass is 10.1. The Morgan fingerprint density at radius 1 is 1.43 bits per heavy atom.